The Hall–Kier alpha value is -1.75. The van der Waals surface area contributed by atoms with E-state index in [1.165, 1.54) is 19.4 Å². The molecular formula is C11H9F2NO2. The van der Waals surface area contributed by atoms with Gasteiger partial charge in [0.15, 0.2) is 17.2 Å². The molecule has 2 rings (SSSR count). The Morgan fingerprint density at radius 2 is 2.25 bits per heavy atom. The maximum Gasteiger partial charge on any atom is 0.182 e. The number of fused-ring (bicyclic) bond motifs is 1. The van der Waals surface area contributed by atoms with E-state index in [-0.39, 0.29) is 12.1 Å². The summed E-state index contributed by atoms with van der Waals surface area (Å²) in [6.45, 7) is -0.125. The fourth-order valence-electron chi connectivity index (χ4n) is 1.54. The standard InChI is InChI=1S/C11H9F2NO2/c1-14-5-8(15)9-7(12)4-6-2-3-16-11(6)10(9)13/h2-4,14H,5H2,1H3. The molecular weight excluding hydrogens is 216 g/mol. The Morgan fingerprint density at radius 1 is 1.50 bits per heavy atom. The van der Waals surface area contributed by atoms with Gasteiger partial charge in [-0.1, -0.05) is 0 Å². The molecule has 0 saturated carbocycles. The first-order valence-corrected chi connectivity index (χ1v) is 4.68. The third kappa shape index (κ3) is 1.59. The number of carbonyl (C=O) groups is 1. The molecule has 0 bridgehead atoms. The van der Waals surface area contributed by atoms with Crippen LogP contribution in [0.1, 0.15) is 10.4 Å². The summed E-state index contributed by atoms with van der Waals surface area (Å²) in [6.07, 6.45) is 1.25. The summed E-state index contributed by atoms with van der Waals surface area (Å²) in [4.78, 5) is 11.5. The highest BCUT2D eigenvalue weighted by molar-refractivity contribution is 6.01. The predicted molar refractivity (Wildman–Crippen MR) is 54.4 cm³/mol. The number of carbonyl (C=O) groups excluding carboxylic acids is 1. The van der Waals surface area contributed by atoms with Crippen LogP contribution in [0.15, 0.2) is 22.8 Å². The molecule has 2 aromatic rings. The third-order valence-corrected chi connectivity index (χ3v) is 2.25. The number of hydrogen-bond acceptors (Lipinski definition) is 3. The van der Waals surface area contributed by atoms with Crippen molar-refractivity contribution in [2.75, 3.05) is 13.6 Å². The van der Waals surface area contributed by atoms with Crippen molar-refractivity contribution in [2.24, 2.45) is 0 Å². The Labute approximate surface area is 90.0 Å². The fraction of sp³-hybridized carbons (Fsp3) is 0.182. The first-order valence-electron chi connectivity index (χ1n) is 4.68. The van der Waals surface area contributed by atoms with Gasteiger partial charge in [0.2, 0.25) is 0 Å². The van der Waals surface area contributed by atoms with Gasteiger partial charge >= 0.3 is 0 Å². The van der Waals surface area contributed by atoms with E-state index in [0.29, 0.717) is 5.39 Å². The van der Waals surface area contributed by atoms with E-state index in [9.17, 15) is 13.6 Å². The van der Waals surface area contributed by atoms with E-state index in [4.69, 9.17) is 4.42 Å². The first kappa shape index (κ1) is 10.8. The molecule has 0 radical (unpaired) electrons. The minimum Gasteiger partial charge on any atom is -0.461 e. The zero-order valence-electron chi connectivity index (χ0n) is 8.51. The van der Waals surface area contributed by atoms with Gasteiger partial charge in [0.05, 0.1) is 18.4 Å². The molecule has 5 heteroatoms. The maximum absolute atomic E-state index is 13.8. The second-order valence-electron chi connectivity index (χ2n) is 3.34. The lowest BCUT2D eigenvalue weighted by Gasteiger charge is -2.04. The molecule has 0 spiro atoms. The van der Waals surface area contributed by atoms with Crippen LogP contribution >= 0.6 is 0 Å². The highest BCUT2D eigenvalue weighted by Gasteiger charge is 2.21. The van der Waals surface area contributed by atoms with Crippen molar-refractivity contribution in [3.8, 4) is 0 Å². The number of halogens is 2. The molecule has 3 nitrogen and oxygen atoms in total. The highest BCUT2D eigenvalue weighted by Crippen LogP contribution is 2.25. The van der Waals surface area contributed by atoms with Crippen LogP contribution in [0.4, 0.5) is 8.78 Å². The summed E-state index contributed by atoms with van der Waals surface area (Å²) in [5.41, 5.74) is -0.655. The van der Waals surface area contributed by atoms with Crippen molar-refractivity contribution in [1.29, 1.82) is 0 Å². The Balaban J connectivity index is 2.63. The molecule has 0 atom stereocenters. The van der Waals surface area contributed by atoms with Gasteiger partial charge in [0.1, 0.15) is 5.82 Å². The molecule has 0 fully saturated rings. The molecule has 0 aliphatic heterocycles. The zero-order valence-corrected chi connectivity index (χ0v) is 8.51. The molecule has 0 amide bonds. The van der Waals surface area contributed by atoms with Crippen LogP contribution in [0.25, 0.3) is 11.0 Å². The van der Waals surface area contributed by atoms with Crippen LogP contribution in [0, 0.1) is 11.6 Å². The van der Waals surface area contributed by atoms with E-state index in [1.54, 1.807) is 0 Å². The molecule has 1 aromatic heterocycles. The number of hydrogen-bond donors (Lipinski definition) is 1. The van der Waals surface area contributed by atoms with Gasteiger partial charge < -0.3 is 9.73 Å². The van der Waals surface area contributed by atoms with Crippen molar-refractivity contribution in [2.45, 2.75) is 0 Å². The number of Topliss-reactive ketones (excluding diaryl/α,β-unsaturated/α-hetero) is 1. The van der Waals surface area contributed by atoms with E-state index in [1.807, 2.05) is 0 Å². The molecule has 1 heterocycles. The minimum absolute atomic E-state index is 0.0964. The lowest BCUT2D eigenvalue weighted by atomic mass is 10.1. The maximum atomic E-state index is 13.8. The second-order valence-corrected chi connectivity index (χ2v) is 3.34. The summed E-state index contributed by atoms with van der Waals surface area (Å²) in [5, 5.41) is 2.85. The Bertz CT molecular complexity index is 548. The predicted octanol–water partition coefficient (Wildman–Crippen LogP) is 2.11. The summed E-state index contributed by atoms with van der Waals surface area (Å²) in [6, 6.07) is 2.53. The van der Waals surface area contributed by atoms with Crippen molar-refractivity contribution in [1.82, 2.24) is 5.32 Å². The van der Waals surface area contributed by atoms with E-state index < -0.39 is 23.0 Å². The van der Waals surface area contributed by atoms with Crippen LogP contribution in [-0.2, 0) is 0 Å². The average molecular weight is 225 g/mol. The van der Waals surface area contributed by atoms with E-state index in [0.717, 1.165) is 6.07 Å². The normalized spacial score (nSPS) is 10.9. The number of nitrogens with one attached hydrogen (secondary N) is 1. The van der Waals surface area contributed by atoms with Gasteiger partial charge in [-0.15, -0.1) is 0 Å². The number of ketones is 1. The zero-order chi connectivity index (χ0) is 11.7. The monoisotopic (exact) mass is 225 g/mol. The van der Waals surface area contributed by atoms with Crippen molar-refractivity contribution in [3.63, 3.8) is 0 Å². The fourth-order valence-corrected chi connectivity index (χ4v) is 1.54. The van der Waals surface area contributed by atoms with Gasteiger partial charge in [0, 0.05) is 5.39 Å². The SMILES string of the molecule is CNCC(=O)c1c(F)cc2ccoc2c1F. The number of rotatable bonds is 3. The van der Waals surface area contributed by atoms with Crippen LogP contribution in [-0.4, -0.2) is 19.4 Å². The smallest absolute Gasteiger partial charge is 0.182 e. The molecule has 1 N–H and O–H groups in total. The molecule has 0 unspecified atom stereocenters. The Morgan fingerprint density at radius 3 is 2.94 bits per heavy atom. The van der Waals surface area contributed by atoms with E-state index >= 15 is 0 Å². The molecule has 1 aromatic carbocycles. The molecule has 84 valence electrons. The summed E-state index contributed by atoms with van der Waals surface area (Å²) >= 11 is 0. The molecule has 0 saturated heterocycles. The van der Waals surface area contributed by atoms with Crippen LogP contribution in [0.3, 0.4) is 0 Å². The molecule has 0 aliphatic carbocycles. The second kappa shape index (κ2) is 4.02. The molecule has 0 aliphatic rings. The highest BCUT2D eigenvalue weighted by atomic mass is 19.1. The minimum atomic E-state index is -0.944. The number of furan rings is 1. The van der Waals surface area contributed by atoms with Crippen LogP contribution < -0.4 is 5.32 Å². The van der Waals surface area contributed by atoms with Crippen LogP contribution in [0.5, 0.6) is 0 Å². The van der Waals surface area contributed by atoms with Crippen molar-refractivity contribution in [3.05, 3.63) is 35.6 Å². The van der Waals surface area contributed by atoms with E-state index in [2.05, 4.69) is 5.32 Å². The quantitative estimate of drug-likeness (QED) is 0.813. The van der Waals surface area contributed by atoms with Gasteiger partial charge in [-0.05, 0) is 19.2 Å². The number of benzene rings is 1. The van der Waals surface area contributed by atoms with Gasteiger partial charge in [0.25, 0.3) is 0 Å². The third-order valence-electron chi connectivity index (χ3n) is 2.25. The van der Waals surface area contributed by atoms with Gasteiger partial charge in [-0.25, -0.2) is 8.78 Å². The largest absolute Gasteiger partial charge is 0.461 e. The summed E-state index contributed by atoms with van der Waals surface area (Å²) < 4.78 is 32.1. The summed E-state index contributed by atoms with van der Waals surface area (Å²) in [5.74, 6) is -2.46. The lowest BCUT2D eigenvalue weighted by molar-refractivity contribution is 0.0985. The molecule has 16 heavy (non-hydrogen) atoms. The van der Waals surface area contributed by atoms with Gasteiger partial charge in [-0.3, -0.25) is 4.79 Å². The first-order chi connectivity index (χ1) is 7.65. The average Bonchev–Trinajstić information content (AvgIpc) is 2.66. The topological polar surface area (TPSA) is 42.2 Å². The Kier molecular flexibility index (Phi) is 2.70. The van der Waals surface area contributed by atoms with Crippen molar-refractivity contribution >= 4 is 16.8 Å². The lowest BCUT2D eigenvalue weighted by Crippen LogP contribution is -2.20. The summed E-state index contributed by atoms with van der Waals surface area (Å²) in [7, 11) is 1.53. The van der Waals surface area contributed by atoms with Gasteiger partial charge in [-0.2, -0.15) is 0 Å². The van der Waals surface area contributed by atoms with Crippen LogP contribution in [0.2, 0.25) is 0 Å². The number of likely N-dealkylation sites (N-methyl/N-ethyl adjacent to an activating group) is 1. The van der Waals surface area contributed by atoms with Crippen molar-refractivity contribution < 1.29 is 18.0 Å².